The van der Waals surface area contributed by atoms with Crippen molar-refractivity contribution in [3.8, 4) is 0 Å². The second-order valence-electron chi connectivity index (χ2n) is 4.69. The van der Waals surface area contributed by atoms with Gasteiger partial charge >= 0.3 is 0 Å². The molecule has 0 spiro atoms. The number of nitrogens with zero attached hydrogens (tertiary/aromatic N) is 2. The molecule has 1 aromatic carbocycles. The SMILES string of the molecule is Cc1nn(C)cc1NS(=O)(=O)Cc1cccc(CN)c1. The van der Waals surface area contributed by atoms with Crippen LogP contribution in [0.3, 0.4) is 0 Å². The third-order valence-corrected chi connectivity index (χ3v) is 4.11. The summed E-state index contributed by atoms with van der Waals surface area (Å²) in [5, 5.41) is 4.10. The third-order valence-electron chi connectivity index (χ3n) is 2.86. The molecule has 0 radical (unpaired) electrons. The van der Waals surface area contributed by atoms with Crippen molar-refractivity contribution in [3.63, 3.8) is 0 Å². The molecular formula is C13H18N4O2S. The molecule has 108 valence electrons. The van der Waals surface area contributed by atoms with Crippen LogP contribution in [0, 0.1) is 6.92 Å². The molecule has 0 aliphatic rings. The molecule has 0 unspecified atom stereocenters. The Kier molecular flexibility index (Phi) is 4.10. The van der Waals surface area contributed by atoms with Gasteiger partial charge in [0.25, 0.3) is 0 Å². The number of hydrogen-bond acceptors (Lipinski definition) is 4. The van der Waals surface area contributed by atoms with Crippen LogP contribution in [0.2, 0.25) is 0 Å². The van der Waals surface area contributed by atoms with E-state index in [1.165, 1.54) is 0 Å². The van der Waals surface area contributed by atoms with Gasteiger partial charge in [0.05, 0.1) is 17.1 Å². The van der Waals surface area contributed by atoms with E-state index >= 15 is 0 Å². The predicted molar refractivity (Wildman–Crippen MR) is 78.5 cm³/mol. The van der Waals surface area contributed by atoms with Crippen molar-refractivity contribution in [1.29, 1.82) is 0 Å². The normalized spacial score (nSPS) is 11.6. The van der Waals surface area contributed by atoms with Crippen molar-refractivity contribution in [3.05, 3.63) is 47.3 Å². The number of nitrogens with two attached hydrogens (primary N) is 1. The summed E-state index contributed by atoms with van der Waals surface area (Å²) in [7, 11) is -1.72. The van der Waals surface area contributed by atoms with E-state index in [-0.39, 0.29) is 5.75 Å². The maximum Gasteiger partial charge on any atom is 0.237 e. The number of benzene rings is 1. The molecule has 1 aromatic heterocycles. The lowest BCUT2D eigenvalue weighted by Gasteiger charge is -2.08. The molecule has 0 fully saturated rings. The predicted octanol–water partition coefficient (Wildman–Crippen LogP) is 1.13. The Morgan fingerprint density at radius 2 is 2.05 bits per heavy atom. The number of aryl methyl sites for hydroxylation is 2. The number of aromatic nitrogens is 2. The summed E-state index contributed by atoms with van der Waals surface area (Å²) in [5.74, 6) is -0.0881. The average molecular weight is 294 g/mol. The van der Waals surface area contributed by atoms with Crippen LogP contribution in [0.25, 0.3) is 0 Å². The van der Waals surface area contributed by atoms with Crippen LogP contribution in [0.15, 0.2) is 30.5 Å². The van der Waals surface area contributed by atoms with Crippen LogP contribution < -0.4 is 10.5 Å². The van der Waals surface area contributed by atoms with Crippen molar-refractivity contribution >= 4 is 15.7 Å². The van der Waals surface area contributed by atoms with E-state index in [0.29, 0.717) is 23.5 Å². The summed E-state index contributed by atoms with van der Waals surface area (Å²) in [4.78, 5) is 0. The van der Waals surface area contributed by atoms with E-state index in [4.69, 9.17) is 5.73 Å². The quantitative estimate of drug-likeness (QED) is 0.865. The molecule has 0 amide bonds. The highest BCUT2D eigenvalue weighted by Crippen LogP contribution is 2.16. The smallest absolute Gasteiger partial charge is 0.237 e. The Hall–Kier alpha value is -1.86. The van der Waals surface area contributed by atoms with Gasteiger partial charge in [-0.05, 0) is 18.1 Å². The molecule has 0 aliphatic carbocycles. The number of hydrogen-bond donors (Lipinski definition) is 2. The maximum absolute atomic E-state index is 12.2. The Bertz CT molecular complexity index is 707. The number of rotatable bonds is 5. The van der Waals surface area contributed by atoms with Crippen LogP contribution >= 0.6 is 0 Å². The first-order valence-corrected chi connectivity index (χ1v) is 7.83. The van der Waals surface area contributed by atoms with Gasteiger partial charge in [-0.2, -0.15) is 5.10 Å². The van der Waals surface area contributed by atoms with Crippen LogP contribution in [-0.4, -0.2) is 18.2 Å². The highest BCUT2D eigenvalue weighted by atomic mass is 32.2. The van der Waals surface area contributed by atoms with Crippen molar-refractivity contribution < 1.29 is 8.42 Å². The summed E-state index contributed by atoms with van der Waals surface area (Å²) < 4.78 is 28.4. The highest BCUT2D eigenvalue weighted by Gasteiger charge is 2.14. The minimum Gasteiger partial charge on any atom is -0.326 e. The molecule has 0 atom stereocenters. The second-order valence-corrected chi connectivity index (χ2v) is 6.41. The van der Waals surface area contributed by atoms with Gasteiger partial charge < -0.3 is 5.73 Å². The summed E-state index contributed by atoms with van der Waals surface area (Å²) in [5.41, 5.74) is 8.32. The van der Waals surface area contributed by atoms with Gasteiger partial charge in [-0.3, -0.25) is 9.40 Å². The third kappa shape index (κ3) is 3.58. The molecule has 1 heterocycles. The Balaban J connectivity index is 2.16. The Morgan fingerprint density at radius 3 is 2.65 bits per heavy atom. The highest BCUT2D eigenvalue weighted by molar-refractivity contribution is 7.91. The minimum absolute atomic E-state index is 0.0881. The van der Waals surface area contributed by atoms with Crippen LogP contribution in [-0.2, 0) is 29.4 Å². The van der Waals surface area contributed by atoms with Crippen LogP contribution in [0.4, 0.5) is 5.69 Å². The topological polar surface area (TPSA) is 90.0 Å². The molecule has 7 heteroatoms. The molecule has 0 saturated carbocycles. The fourth-order valence-corrected chi connectivity index (χ4v) is 3.20. The van der Waals surface area contributed by atoms with E-state index in [9.17, 15) is 8.42 Å². The standard InChI is InChI=1S/C13H18N4O2S/c1-10-13(8-17(2)15-10)16-20(18,19)9-12-5-3-4-11(6-12)7-14/h3-6,8,16H,7,9,14H2,1-2H3. The minimum atomic E-state index is -3.47. The maximum atomic E-state index is 12.2. The lowest BCUT2D eigenvalue weighted by atomic mass is 10.1. The first-order valence-electron chi connectivity index (χ1n) is 6.18. The number of nitrogens with one attached hydrogen (secondary N) is 1. The Labute approximate surface area is 118 Å². The fourth-order valence-electron chi connectivity index (χ4n) is 1.97. The van der Waals surface area contributed by atoms with E-state index < -0.39 is 10.0 Å². The monoisotopic (exact) mass is 294 g/mol. The largest absolute Gasteiger partial charge is 0.326 e. The summed E-state index contributed by atoms with van der Waals surface area (Å²) in [6.07, 6.45) is 1.64. The van der Waals surface area contributed by atoms with Gasteiger partial charge in [0.15, 0.2) is 0 Å². The summed E-state index contributed by atoms with van der Waals surface area (Å²) >= 11 is 0. The van der Waals surface area contributed by atoms with Crippen molar-refractivity contribution in [1.82, 2.24) is 9.78 Å². The molecule has 2 aromatic rings. The lowest BCUT2D eigenvalue weighted by Crippen LogP contribution is -2.15. The van der Waals surface area contributed by atoms with Crippen molar-refractivity contribution in [2.75, 3.05) is 4.72 Å². The van der Waals surface area contributed by atoms with Crippen molar-refractivity contribution in [2.24, 2.45) is 12.8 Å². The average Bonchev–Trinajstić information content (AvgIpc) is 2.66. The zero-order chi connectivity index (χ0) is 14.8. The van der Waals surface area contributed by atoms with E-state index in [1.807, 2.05) is 12.1 Å². The summed E-state index contributed by atoms with van der Waals surface area (Å²) in [6, 6.07) is 7.25. The van der Waals surface area contributed by atoms with E-state index in [1.54, 1.807) is 37.0 Å². The van der Waals surface area contributed by atoms with E-state index in [2.05, 4.69) is 9.82 Å². The summed E-state index contributed by atoms with van der Waals surface area (Å²) in [6.45, 7) is 2.15. The van der Waals surface area contributed by atoms with Crippen LogP contribution in [0.5, 0.6) is 0 Å². The molecule has 6 nitrogen and oxygen atoms in total. The van der Waals surface area contributed by atoms with Gasteiger partial charge in [0, 0.05) is 19.8 Å². The molecule has 0 saturated heterocycles. The molecular weight excluding hydrogens is 276 g/mol. The first kappa shape index (κ1) is 14.5. The zero-order valence-corrected chi connectivity index (χ0v) is 12.3. The van der Waals surface area contributed by atoms with E-state index in [0.717, 1.165) is 5.56 Å². The zero-order valence-electron chi connectivity index (χ0n) is 11.5. The van der Waals surface area contributed by atoms with Gasteiger partial charge in [0.2, 0.25) is 10.0 Å². The van der Waals surface area contributed by atoms with Gasteiger partial charge in [-0.1, -0.05) is 24.3 Å². The second kappa shape index (κ2) is 5.64. The van der Waals surface area contributed by atoms with Gasteiger partial charge in [-0.15, -0.1) is 0 Å². The number of sulfonamides is 1. The first-order chi connectivity index (χ1) is 9.39. The molecule has 0 bridgehead atoms. The molecule has 3 N–H and O–H groups in total. The van der Waals surface area contributed by atoms with Gasteiger partial charge in [0.1, 0.15) is 0 Å². The number of anilines is 1. The van der Waals surface area contributed by atoms with Gasteiger partial charge in [-0.25, -0.2) is 8.42 Å². The molecule has 0 aliphatic heterocycles. The van der Waals surface area contributed by atoms with Crippen LogP contribution in [0.1, 0.15) is 16.8 Å². The fraction of sp³-hybridized carbons (Fsp3) is 0.308. The Morgan fingerprint density at radius 1 is 1.35 bits per heavy atom. The lowest BCUT2D eigenvalue weighted by molar-refractivity contribution is 0.600. The molecule has 20 heavy (non-hydrogen) atoms. The van der Waals surface area contributed by atoms with Crippen molar-refractivity contribution in [2.45, 2.75) is 19.2 Å². The molecule has 2 rings (SSSR count).